The van der Waals surface area contributed by atoms with Gasteiger partial charge in [-0.25, -0.2) is 0 Å². The van der Waals surface area contributed by atoms with Crippen molar-refractivity contribution < 1.29 is 9.53 Å². The number of thioether (sulfide) groups is 1. The van der Waals surface area contributed by atoms with Gasteiger partial charge in [-0.3, -0.25) is 4.79 Å². The summed E-state index contributed by atoms with van der Waals surface area (Å²) in [5.74, 6) is 3.22. The number of rotatable bonds is 4. The summed E-state index contributed by atoms with van der Waals surface area (Å²) >= 11 is 2.00. The van der Waals surface area contributed by atoms with Gasteiger partial charge >= 0.3 is 0 Å². The molecule has 2 rings (SSSR count). The second-order valence-electron chi connectivity index (χ2n) is 6.47. The Balaban J connectivity index is 1.94. The van der Waals surface area contributed by atoms with Crippen molar-refractivity contribution in [3.05, 3.63) is 0 Å². The smallest absolute Gasteiger partial charge is 0.152 e. The molecule has 2 fully saturated rings. The molecule has 0 radical (unpaired) electrons. The lowest BCUT2D eigenvalue weighted by Crippen LogP contribution is -2.47. The molecule has 2 unspecified atom stereocenters. The van der Waals surface area contributed by atoms with E-state index in [1.165, 1.54) is 11.5 Å². The summed E-state index contributed by atoms with van der Waals surface area (Å²) in [6.07, 6.45) is 4.76. The summed E-state index contributed by atoms with van der Waals surface area (Å²) in [4.78, 5) is 12.5. The average molecular weight is 285 g/mol. The van der Waals surface area contributed by atoms with Crippen molar-refractivity contribution in [3.63, 3.8) is 0 Å². The van der Waals surface area contributed by atoms with E-state index in [0.717, 1.165) is 38.7 Å². The molecule has 0 aromatic rings. The van der Waals surface area contributed by atoms with Gasteiger partial charge in [-0.2, -0.15) is 11.8 Å². The molecule has 2 aliphatic rings. The molecule has 0 bridgehead atoms. The van der Waals surface area contributed by atoms with Crippen LogP contribution in [0.2, 0.25) is 0 Å². The summed E-state index contributed by atoms with van der Waals surface area (Å²) in [5.41, 5.74) is 6.06. The van der Waals surface area contributed by atoms with Crippen molar-refractivity contribution in [2.45, 2.75) is 57.6 Å². The Labute approximate surface area is 121 Å². The molecule has 2 aliphatic heterocycles. The van der Waals surface area contributed by atoms with Gasteiger partial charge < -0.3 is 10.5 Å². The van der Waals surface area contributed by atoms with Crippen LogP contribution >= 0.6 is 11.8 Å². The Morgan fingerprint density at radius 2 is 2.11 bits per heavy atom. The second-order valence-corrected chi connectivity index (χ2v) is 7.70. The van der Waals surface area contributed by atoms with Gasteiger partial charge in [-0.15, -0.1) is 0 Å². The molecule has 19 heavy (non-hydrogen) atoms. The van der Waals surface area contributed by atoms with E-state index in [9.17, 15) is 4.79 Å². The minimum absolute atomic E-state index is 0.0125. The monoisotopic (exact) mass is 285 g/mol. The van der Waals surface area contributed by atoms with Crippen LogP contribution in [0.3, 0.4) is 0 Å². The number of nitrogens with two attached hydrogens (primary N) is 1. The number of carbonyl (C=O) groups excluding carboxylic acids is 1. The van der Waals surface area contributed by atoms with Gasteiger partial charge in [0.15, 0.2) is 5.78 Å². The molecular weight excluding hydrogens is 258 g/mol. The van der Waals surface area contributed by atoms with Gasteiger partial charge in [-0.1, -0.05) is 13.8 Å². The van der Waals surface area contributed by atoms with E-state index in [-0.39, 0.29) is 23.3 Å². The molecule has 0 aliphatic carbocycles. The zero-order chi connectivity index (χ0) is 13.9. The number of Topliss-reactive ketones (excluding diaryl/α,β-unsaturated/α-hetero) is 1. The van der Waals surface area contributed by atoms with Crippen LogP contribution in [0, 0.1) is 11.8 Å². The third-order valence-electron chi connectivity index (χ3n) is 4.39. The number of ketones is 1. The number of hydrogen-bond donors (Lipinski definition) is 1. The first-order valence-corrected chi connectivity index (χ1v) is 8.69. The van der Waals surface area contributed by atoms with Crippen LogP contribution < -0.4 is 5.73 Å². The molecule has 0 aromatic heterocycles. The summed E-state index contributed by atoms with van der Waals surface area (Å²) in [6.45, 7) is 4.98. The van der Waals surface area contributed by atoms with E-state index >= 15 is 0 Å². The number of carbonyl (C=O) groups is 1. The quantitative estimate of drug-likeness (QED) is 0.862. The maximum Gasteiger partial charge on any atom is 0.152 e. The standard InChI is InChI=1S/C15H27NO2S/c1-11(2)9-13(16)14(17)12-3-6-18-15(10-12)4-7-19-8-5-15/h11-13H,3-10,16H2,1-2H3. The molecular formula is C15H27NO2S. The van der Waals surface area contributed by atoms with Gasteiger partial charge in [0.05, 0.1) is 11.6 Å². The molecule has 2 atom stereocenters. The van der Waals surface area contributed by atoms with Crippen molar-refractivity contribution in [1.82, 2.24) is 0 Å². The largest absolute Gasteiger partial charge is 0.375 e. The molecule has 1 spiro atoms. The Bertz CT molecular complexity index is 308. The Hall–Kier alpha value is -0.0600. The molecule has 0 saturated carbocycles. The van der Waals surface area contributed by atoms with Crippen molar-refractivity contribution in [3.8, 4) is 0 Å². The Morgan fingerprint density at radius 1 is 1.42 bits per heavy atom. The van der Waals surface area contributed by atoms with Crippen LogP contribution in [0.1, 0.15) is 46.0 Å². The first-order chi connectivity index (χ1) is 9.02. The van der Waals surface area contributed by atoms with E-state index in [4.69, 9.17) is 10.5 Å². The molecule has 2 saturated heterocycles. The van der Waals surface area contributed by atoms with Crippen LogP contribution in [0.25, 0.3) is 0 Å². The molecule has 3 nitrogen and oxygen atoms in total. The van der Waals surface area contributed by atoms with Crippen molar-refractivity contribution in [1.29, 1.82) is 0 Å². The fourth-order valence-corrected chi connectivity index (χ4v) is 4.53. The molecule has 0 amide bonds. The first-order valence-electron chi connectivity index (χ1n) is 7.53. The first kappa shape index (κ1) is 15.3. The second kappa shape index (κ2) is 6.59. The lowest BCUT2D eigenvalue weighted by Gasteiger charge is -2.43. The van der Waals surface area contributed by atoms with Crippen LogP contribution in [0.4, 0.5) is 0 Å². The van der Waals surface area contributed by atoms with Crippen LogP contribution in [-0.2, 0) is 9.53 Å². The zero-order valence-corrected chi connectivity index (χ0v) is 13.0. The SMILES string of the molecule is CC(C)CC(N)C(=O)C1CCOC2(CCSCC2)C1. The minimum atomic E-state index is -0.280. The highest BCUT2D eigenvalue weighted by atomic mass is 32.2. The summed E-state index contributed by atoms with van der Waals surface area (Å²) in [6, 6.07) is -0.280. The molecule has 4 heteroatoms. The summed E-state index contributed by atoms with van der Waals surface area (Å²) in [7, 11) is 0. The number of ether oxygens (including phenoxy) is 1. The summed E-state index contributed by atoms with van der Waals surface area (Å²) < 4.78 is 6.04. The summed E-state index contributed by atoms with van der Waals surface area (Å²) in [5, 5.41) is 0. The molecule has 2 heterocycles. The van der Waals surface area contributed by atoms with Gasteiger partial charge in [0, 0.05) is 12.5 Å². The third-order valence-corrected chi connectivity index (χ3v) is 5.38. The van der Waals surface area contributed by atoms with E-state index in [1.807, 2.05) is 11.8 Å². The van der Waals surface area contributed by atoms with E-state index in [0.29, 0.717) is 5.92 Å². The normalized spacial score (nSPS) is 28.5. The average Bonchev–Trinajstić information content (AvgIpc) is 2.38. The maximum absolute atomic E-state index is 12.5. The van der Waals surface area contributed by atoms with Crippen LogP contribution in [0.15, 0.2) is 0 Å². The van der Waals surface area contributed by atoms with Crippen LogP contribution in [0.5, 0.6) is 0 Å². The van der Waals surface area contributed by atoms with Crippen molar-refractivity contribution in [2.75, 3.05) is 18.1 Å². The highest BCUT2D eigenvalue weighted by Crippen LogP contribution is 2.40. The van der Waals surface area contributed by atoms with E-state index in [1.54, 1.807) is 0 Å². The maximum atomic E-state index is 12.5. The van der Waals surface area contributed by atoms with Gasteiger partial charge in [0.25, 0.3) is 0 Å². The lowest BCUT2D eigenvalue weighted by molar-refractivity contribution is -0.139. The predicted molar refractivity (Wildman–Crippen MR) is 80.4 cm³/mol. The lowest BCUT2D eigenvalue weighted by atomic mass is 9.78. The molecule has 0 aromatic carbocycles. The van der Waals surface area contributed by atoms with Crippen molar-refractivity contribution in [2.24, 2.45) is 17.6 Å². The van der Waals surface area contributed by atoms with E-state index in [2.05, 4.69) is 13.8 Å². The predicted octanol–water partition coefficient (Wildman–Crippen LogP) is 2.62. The fourth-order valence-electron chi connectivity index (χ4n) is 3.29. The van der Waals surface area contributed by atoms with Crippen molar-refractivity contribution >= 4 is 17.5 Å². The minimum Gasteiger partial charge on any atom is -0.375 e. The molecule has 110 valence electrons. The topological polar surface area (TPSA) is 52.3 Å². The zero-order valence-electron chi connectivity index (χ0n) is 12.2. The van der Waals surface area contributed by atoms with Gasteiger partial charge in [0.1, 0.15) is 0 Å². The Kier molecular flexibility index (Phi) is 5.32. The Morgan fingerprint density at radius 3 is 2.74 bits per heavy atom. The van der Waals surface area contributed by atoms with E-state index < -0.39 is 0 Å². The highest BCUT2D eigenvalue weighted by Gasteiger charge is 2.41. The third kappa shape index (κ3) is 3.96. The van der Waals surface area contributed by atoms with Crippen LogP contribution in [-0.4, -0.2) is 35.5 Å². The van der Waals surface area contributed by atoms with Gasteiger partial charge in [-0.05, 0) is 49.5 Å². The molecule has 2 N–H and O–H groups in total. The number of hydrogen-bond acceptors (Lipinski definition) is 4. The fraction of sp³-hybridized carbons (Fsp3) is 0.933. The highest BCUT2D eigenvalue weighted by molar-refractivity contribution is 7.99. The van der Waals surface area contributed by atoms with Gasteiger partial charge in [0.2, 0.25) is 0 Å².